The predicted octanol–water partition coefficient (Wildman–Crippen LogP) is 3.29. The maximum absolute atomic E-state index is 12.9. The fourth-order valence-corrected chi connectivity index (χ4v) is 2.20. The van der Waals surface area contributed by atoms with Crippen LogP contribution in [0.5, 0.6) is 11.5 Å². The molecule has 3 aromatic rings. The second kappa shape index (κ2) is 7.64. The summed E-state index contributed by atoms with van der Waals surface area (Å²) in [4.78, 5) is 12.3. The monoisotopic (exact) mass is 357 g/mol. The van der Waals surface area contributed by atoms with Crippen molar-refractivity contribution in [2.75, 3.05) is 12.4 Å². The second-order valence-corrected chi connectivity index (χ2v) is 5.39. The van der Waals surface area contributed by atoms with Gasteiger partial charge in [0.25, 0.3) is 5.91 Å². The molecule has 134 valence electrons. The average Bonchev–Trinajstić information content (AvgIpc) is 3.11. The Bertz CT molecular complexity index is 878. The van der Waals surface area contributed by atoms with Crippen LogP contribution in [0, 0.1) is 5.82 Å². The molecule has 1 atom stereocenters. The van der Waals surface area contributed by atoms with Crippen LogP contribution in [0.2, 0.25) is 0 Å². The van der Waals surface area contributed by atoms with Gasteiger partial charge in [0.2, 0.25) is 5.82 Å². The molecule has 0 spiro atoms. The number of ether oxygens (including phenoxy) is 2. The lowest BCUT2D eigenvalue weighted by Crippen LogP contribution is -2.30. The highest BCUT2D eigenvalue weighted by molar-refractivity contribution is 5.95. The Morgan fingerprint density at radius 2 is 1.73 bits per heavy atom. The van der Waals surface area contributed by atoms with Gasteiger partial charge in [0.1, 0.15) is 17.3 Å². The highest BCUT2D eigenvalue weighted by atomic mass is 19.1. The molecule has 1 amide bonds. The third-order valence-corrected chi connectivity index (χ3v) is 3.59. The van der Waals surface area contributed by atoms with Crippen molar-refractivity contribution in [2.24, 2.45) is 0 Å². The van der Waals surface area contributed by atoms with Gasteiger partial charge in [-0.25, -0.2) is 9.02 Å². The molecule has 0 bridgehead atoms. The van der Waals surface area contributed by atoms with E-state index in [0.29, 0.717) is 22.8 Å². The number of nitrogens with zero attached hydrogens (tertiary/aromatic N) is 2. The van der Waals surface area contributed by atoms with Crippen LogP contribution in [-0.4, -0.2) is 29.4 Å². The first-order valence-corrected chi connectivity index (χ1v) is 7.77. The molecule has 0 saturated heterocycles. The van der Waals surface area contributed by atoms with Crippen LogP contribution in [0.4, 0.5) is 10.2 Å². The number of anilines is 1. The quantitative estimate of drug-likeness (QED) is 0.728. The summed E-state index contributed by atoms with van der Waals surface area (Å²) in [7, 11) is 1.57. The fraction of sp³-hybridized carbons (Fsp3) is 0.167. The lowest BCUT2D eigenvalue weighted by molar-refractivity contribution is -0.122. The highest BCUT2D eigenvalue weighted by Gasteiger charge is 2.20. The molecule has 7 nitrogen and oxygen atoms in total. The van der Waals surface area contributed by atoms with Crippen molar-refractivity contribution in [2.45, 2.75) is 13.0 Å². The lowest BCUT2D eigenvalue weighted by atomic mass is 10.1. The van der Waals surface area contributed by atoms with E-state index in [0.717, 1.165) is 0 Å². The van der Waals surface area contributed by atoms with E-state index in [9.17, 15) is 9.18 Å². The Hall–Kier alpha value is -3.42. The van der Waals surface area contributed by atoms with E-state index in [4.69, 9.17) is 14.1 Å². The predicted molar refractivity (Wildman–Crippen MR) is 91.4 cm³/mol. The first-order chi connectivity index (χ1) is 12.6. The van der Waals surface area contributed by atoms with E-state index in [1.807, 2.05) is 0 Å². The van der Waals surface area contributed by atoms with Gasteiger partial charge >= 0.3 is 0 Å². The number of benzene rings is 2. The van der Waals surface area contributed by atoms with E-state index < -0.39 is 12.0 Å². The SMILES string of the molecule is COc1ccc(-c2nonc2NC(=O)[C@H](C)Oc2ccc(F)cc2)cc1. The van der Waals surface area contributed by atoms with Gasteiger partial charge < -0.3 is 14.8 Å². The Kier molecular flexibility index (Phi) is 5.12. The molecule has 2 aromatic carbocycles. The minimum absolute atomic E-state index is 0.176. The average molecular weight is 357 g/mol. The summed E-state index contributed by atoms with van der Waals surface area (Å²) in [6.45, 7) is 1.57. The minimum Gasteiger partial charge on any atom is -0.497 e. The molecule has 1 heterocycles. The Balaban J connectivity index is 1.69. The van der Waals surface area contributed by atoms with Crippen molar-refractivity contribution in [3.8, 4) is 22.8 Å². The van der Waals surface area contributed by atoms with Crippen LogP contribution in [0.15, 0.2) is 53.2 Å². The summed E-state index contributed by atoms with van der Waals surface area (Å²) < 4.78 is 28.2. The first-order valence-electron chi connectivity index (χ1n) is 7.77. The number of hydrogen-bond acceptors (Lipinski definition) is 6. The van der Waals surface area contributed by atoms with Gasteiger partial charge in [-0.2, -0.15) is 0 Å². The molecular weight excluding hydrogens is 341 g/mol. The van der Waals surface area contributed by atoms with Crippen molar-refractivity contribution < 1.29 is 23.3 Å². The molecule has 0 aliphatic rings. The molecular formula is C18H16FN3O4. The molecule has 0 saturated carbocycles. The third kappa shape index (κ3) is 3.97. The van der Waals surface area contributed by atoms with Gasteiger partial charge in [0, 0.05) is 5.56 Å². The number of methoxy groups -OCH3 is 1. The smallest absolute Gasteiger partial charge is 0.266 e. The molecule has 0 aliphatic carbocycles. The number of amides is 1. The Morgan fingerprint density at radius 3 is 2.38 bits per heavy atom. The van der Waals surface area contributed by atoms with E-state index in [1.165, 1.54) is 24.3 Å². The first kappa shape index (κ1) is 17.4. The van der Waals surface area contributed by atoms with Crippen LogP contribution >= 0.6 is 0 Å². The summed E-state index contributed by atoms with van der Waals surface area (Å²) in [5.41, 5.74) is 1.09. The summed E-state index contributed by atoms with van der Waals surface area (Å²) in [6, 6.07) is 12.5. The molecule has 1 N–H and O–H groups in total. The zero-order valence-corrected chi connectivity index (χ0v) is 14.1. The van der Waals surface area contributed by atoms with Crippen LogP contribution in [0.1, 0.15) is 6.92 Å². The summed E-state index contributed by atoms with van der Waals surface area (Å²) in [6.07, 6.45) is -0.833. The number of aromatic nitrogens is 2. The summed E-state index contributed by atoms with van der Waals surface area (Å²) in [5, 5.41) is 10.2. The standard InChI is InChI=1S/C18H16FN3O4/c1-11(25-15-9-5-13(19)6-10-15)18(23)20-17-16(21-26-22-17)12-3-7-14(24-2)8-4-12/h3-11H,1-2H3,(H,20,22,23)/t11-/m0/s1. The number of nitrogens with one attached hydrogen (secondary N) is 1. The molecule has 0 fully saturated rings. The largest absolute Gasteiger partial charge is 0.497 e. The van der Waals surface area contributed by atoms with Crippen molar-refractivity contribution in [3.63, 3.8) is 0 Å². The van der Waals surface area contributed by atoms with Gasteiger partial charge in [-0.3, -0.25) is 4.79 Å². The number of carbonyl (C=O) groups excluding carboxylic acids is 1. The maximum atomic E-state index is 12.9. The van der Waals surface area contributed by atoms with Gasteiger partial charge in [-0.05, 0) is 65.8 Å². The molecule has 26 heavy (non-hydrogen) atoms. The zero-order valence-electron chi connectivity index (χ0n) is 14.1. The van der Waals surface area contributed by atoms with Crippen molar-refractivity contribution in [1.29, 1.82) is 0 Å². The van der Waals surface area contributed by atoms with Gasteiger partial charge in [0.15, 0.2) is 11.8 Å². The van der Waals surface area contributed by atoms with E-state index in [2.05, 4.69) is 15.6 Å². The molecule has 8 heteroatoms. The Labute approximate surface area is 148 Å². The number of carbonyl (C=O) groups is 1. The molecule has 3 rings (SSSR count). The number of hydrogen-bond donors (Lipinski definition) is 1. The lowest BCUT2D eigenvalue weighted by Gasteiger charge is -2.13. The van der Waals surface area contributed by atoms with E-state index >= 15 is 0 Å². The maximum Gasteiger partial charge on any atom is 0.266 e. The molecule has 0 unspecified atom stereocenters. The van der Waals surface area contributed by atoms with E-state index in [1.54, 1.807) is 38.3 Å². The van der Waals surface area contributed by atoms with Gasteiger partial charge in [0.05, 0.1) is 7.11 Å². The topological polar surface area (TPSA) is 86.5 Å². The summed E-state index contributed by atoms with van der Waals surface area (Å²) >= 11 is 0. The van der Waals surface area contributed by atoms with Gasteiger partial charge in [-0.1, -0.05) is 0 Å². The summed E-state index contributed by atoms with van der Waals surface area (Å²) in [5.74, 6) is 0.418. The van der Waals surface area contributed by atoms with Crippen LogP contribution in [0.3, 0.4) is 0 Å². The molecule has 0 aliphatic heterocycles. The third-order valence-electron chi connectivity index (χ3n) is 3.59. The zero-order chi connectivity index (χ0) is 18.5. The minimum atomic E-state index is -0.833. The molecule has 0 radical (unpaired) electrons. The van der Waals surface area contributed by atoms with Crippen molar-refractivity contribution >= 4 is 11.7 Å². The fourth-order valence-electron chi connectivity index (χ4n) is 2.20. The van der Waals surface area contributed by atoms with Gasteiger partial charge in [-0.15, -0.1) is 0 Å². The number of halogens is 1. The normalized spacial score (nSPS) is 11.7. The highest BCUT2D eigenvalue weighted by Crippen LogP contribution is 2.26. The Morgan fingerprint density at radius 1 is 1.08 bits per heavy atom. The van der Waals surface area contributed by atoms with Crippen LogP contribution in [-0.2, 0) is 4.79 Å². The number of rotatable bonds is 6. The van der Waals surface area contributed by atoms with Crippen LogP contribution in [0.25, 0.3) is 11.3 Å². The second-order valence-electron chi connectivity index (χ2n) is 5.39. The van der Waals surface area contributed by atoms with Crippen LogP contribution < -0.4 is 14.8 Å². The molecule has 1 aromatic heterocycles. The van der Waals surface area contributed by atoms with Crippen molar-refractivity contribution in [3.05, 3.63) is 54.3 Å². The van der Waals surface area contributed by atoms with Crippen molar-refractivity contribution in [1.82, 2.24) is 10.3 Å². The van der Waals surface area contributed by atoms with E-state index in [-0.39, 0.29) is 11.6 Å².